The molecule has 3 aromatic carbocycles. The van der Waals surface area contributed by atoms with Crippen LogP contribution < -0.4 is 15.4 Å². The molecule has 0 bridgehead atoms. The minimum absolute atomic E-state index is 0.0971. The van der Waals surface area contributed by atoms with Crippen LogP contribution in [-0.4, -0.2) is 11.4 Å². The van der Waals surface area contributed by atoms with Crippen molar-refractivity contribution in [3.63, 3.8) is 0 Å². The van der Waals surface area contributed by atoms with Gasteiger partial charge in [-0.25, -0.2) is 0 Å². The highest BCUT2D eigenvalue weighted by atomic mass is 35.5. The number of carbonyl (C=O) groups is 1. The third kappa shape index (κ3) is 5.63. The lowest BCUT2D eigenvalue weighted by atomic mass is 10.1. The van der Waals surface area contributed by atoms with Gasteiger partial charge in [0.05, 0.1) is 4.91 Å². The lowest BCUT2D eigenvalue weighted by Crippen LogP contribution is -2.30. The monoisotopic (exact) mass is 450 g/mol. The molecule has 1 saturated heterocycles. The summed E-state index contributed by atoms with van der Waals surface area (Å²) in [6, 6.07) is 23.5. The molecule has 4 nitrogen and oxygen atoms in total. The standard InChI is InChI=1S/C25H23ClN2O2S/c1-2-17-9-13-21(14-10-17)27-25-28-24(29)23(31-25)15-19-5-3-4-6-22(19)30-16-18-7-11-20(26)12-8-18/h3-15,25,27H,2,16H2,1H3,(H,28,29)/b23-15-/t25-/m1/s1. The summed E-state index contributed by atoms with van der Waals surface area (Å²) in [7, 11) is 0. The molecule has 0 unspecified atom stereocenters. The predicted molar refractivity (Wildman–Crippen MR) is 129 cm³/mol. The Kier molecular flexibility index (Phi) is 6.85. The van der Waals surface area contributed by atoms with Crippen molar-refractivity contribution in [1.82, 2.24) is 5.32 Å². The van der Waals surface area contributed by atoms with Gasteiger partial charge in [-0.15, -0.1) is 0 Å². The summed E-state index contributed by atoms with van der Waals surface area (Å²) in [6.45, 7) is 2.55. The zero-order valence-corrected chi connectivity index (χ0v) is 18.7. The van der Waals surface area contributed by atoms with Gasteiger partial charge < -0.3 is 15.4 Å². The number of carbonyl (C=O) groups excluding carboxylic acids is 1. The Morgan fingerprint density at radius 3 is 2.48 bits per heavy atom. The molecule has 1 aliphatic rings. The molecular formula is C25H23ClN2O2S. The summed E-state index contributed by atoms with van der Waals surface area (Å²) in [6.07, 6.45) is 2.88. The molecule has 158 valence electrons. The molecule has 0 radical (unpaired) electrons. The smallest absolute Gasteiger partial charge is 0.260 e. The quantitative estimate of drug-likeness (QED) is 0.428. The summed E-state index contributed by atoms with van der Waals surface area (Å²) in [5, 5.41) is 7.02. The van der Waals surface area contributed by atoms with Crippen LogP contribution in [0, 0.1) is 0 Å². The number of halogens is 1. The Morgan fingerprint density at radius 1 is 1.03 bits per heavy atom. The van der Waals surface area contributed by atoms with E-state index in [2.05, 4.69) is 29.7 Å². The fourth-order valence-corrected chi connectivity index (χ4v) is 4.27. The van der Waals surface area contributed by atoms with E-state index < -0.39 is 0 Å². The first-order valence-electron chi connectivity index (χ1n) is 10.1. The van der Waals surface area contributed by atoms with E-state index in [1.54, 1.807) is 0 Å². The Labute approximate surface area is 191 Å². The number of amides is 1. The maximum absolute atomic E-state index is 12.5. The summed E-state index contributed by atoms with van der Waals surface area (Å²) in [5.74, 6) is 0.630. The van der Waals surface area contributed by atoms with Crippen molar-refractivity contribution >= 4 is 41.0 Å². The number of ether oxygens (including phenoxy) is 1. The molecule has 1 heterocycles. The molecular weight excluding hydrogens is 428 g/mol. The highest BCUT2D eigenvalue weighted by Gasteiger charge is 2.27. The number of thioether (sulfide) groups is 1. The largest absolute Gasteiger partial charge is 0.488 e. The van der Waals surface area contributed by atoms with E-state index in [1.807, 2.05) is 66.7 Å². The van der Waals surface area contributed by atoms with Crippen LogP contribution in [0.15, 0.2) is 77.7 Å². The van der Waals surface area contributed by atoms with Crippen molar-refractivity contribution in [3.05, 3.63) is 99.4 Å². The Morgan fingerprint density at radius 2 is 1.74 bits per heavy atom. The minimum atomic E-state index is -0.214. The van der Waals surface area contributed by atoms with Crippen LogP contribution in [0.3, 0.4) is 0 Å². The number of rotatable bonds is 7. The van der Waals surface area contributed by atoms with Gasteiger partial charge >= 0.3 is 0 Å². The Balaban J connectivity index is 1.44. The number of nitrogens with one attached hydrogen (secondary N) is 2. The summed E-state index contributed by atoms with van der Waals surface area (Å²) < 4.78 is 6.01. The van der Waals surface area contributed by atoms with E-state index in [1.165, 1.54) is 17.3 Å². The number of hydrogen-bond acceptors (Lipinski definition) is 4. The van der Waals surface area contributed by atoms with Gasteiger partial charge in [-0.05, 0) is 54.0 Å². The van der Waals surface area contributed by atoms with Crippen LogP contribution >= 0.6 is 23.4 Å². The Bertz CT molecular complexity index is 1080. The maximum Gasteiger partial charge on any atom is 0.260 e. The predicted octanol–water partition coefficient (Wildman–Crippen LogP) is 6.08. The van der Waals surface area contributed by atoms with Crippen molar-refractivity contribution < 1.29 is 9.53 Å². The lowest BCUT2D eigenvalue weighted by molar-refractivity contribution is -0.116. The van der Waals surface area contributed by atoms with Gasteiger partial charge in [0.1, 0.15) is 12.4 Å². The number of aryl methyl sites for hydroxylation is 1. The van der Waals surface area contributed by atoms with E-state index in [0.717, 1.165) is 29.0 Å². The molecule has 0 saturated carbocycles. The summed E-state index contributed by atoms with van der Waals surface area (Å²) in [5.41, 5.74) is 3.93. The topological polar surface area (TPSA) is 50.4 Å². The first-order valence-corrected chi connectivity index (χ1v) is 11.4. The molecule has 1 atom stereocenters. The average Bonchev–Trinajstić information content (AvgIpc) is 3.13. The summed E-state index contributed by atoms with van der Waals surface area (Å²) >= 11 is 7.41. The van der Waals surface area contributed by atoms with Gasteiger partial charge in [-0.2, -0.15) is 0 Å². The van der Waals surface area contributed by atoms with E-state index in [0.29, 0.717) is 16.5 Å². The molecule has 0 aromatic heterocycles. The average molecular weight is 451 g/mol. The van der Waals surface area contributed by atoms with Crippen LogP contribution in [0.5, 0.6) is 5.75 Å². The summed E-state index contributed by atoms with van der Waals surface area (Å²) in [4.78, 5) is 13.2. The molecule has 0 spiro atoms. The number of para-hydroxylation sites is 1. The highest BCUT2D eigenvalue weighted by molar-refractivity contribution is 8.05. The van der Waals surface area contributed by atoms with E-state index in [9.17, 15) is 4.79 Å². The fraction of sp³-hybridized carbons (Fsp3) is 0.160. The molecule has 1 aliphatic heterocycles. The second kappa shape index (κ2) is 9.94. The van der Waals surface area contributed by atoms with Crippen molar-refractivity contribution in [3.8, 4) is 5.75 Å². The van der Waals surface area contributed by atoms with Gasteiger partial charge in [0.2, 0.25) is 0 Å². The van der Waals surface area contributed by atoms with Gasteiger partial charge in [0, 0.05) is 16.3 Å². The minimum Gasteiger partial charge on any atom is -0.488 e. The highest BCUT2D eigenvalue weighted by Crippen LogP contribution is 2.32. The van der Waals surface area contributed by atoms with Crippen LogP contribution in [0.1, 0.15) is 23.6 Å². The molecule has 2 N–H and O–H groups in total. The van der Waals surface area contributed by atoms with E-state index >= 15 is 0 Å². The molecule has 1 amide bonds. The van der Waals surface area contributed by atoms with Crippen molar-refractivity contribution in [2.24, 2.45) is 0 Å². The lowest BCUT2D eigenvalue weighted by Gasteiger charge is -2.13. The molecule has 31 heavy (non-hydrogen) atoms. The number of anilines is 1. The first kappa shape index (κ1) is 21.3. The SMILES string of the molecule is CCc1ccc(N[C@@H]2NC(=O)/C(=C/c3ccccc3OCc3ccc(Cl)cc3)S2)cc1. The van der Waals surface area contributed by atoms with Crippen LogP contribution in [-0.2, 0) is 17.8 Å². The zero-order chi connectivity index (χ0) is 21.6. The van der Waals surface area contributed by atoms with Crippen molar-refractivity contribution in [2.75, 3.05) is 5.32 Å². The number of benzene rings is 3. The van der Waals surface area contributed by atoms with E-state index in [4.69, 9.17) is 16.3 Å². The van der Waals surface area contributed by atoms with Crippen LogP contribution in [0.2, 0.25) is 5.02 Å². The Hall–Kier alpha value is -2.89. The van der Waals surface area contributed by atoms with Gasteiger partial charge in [0.15, 0.2) is 5.50 Å². The van der Waals surface area contributed by atoms with E-state index in [-0.39, 0.29) is 11.4 Å². The molecule has 4 rings (SSSR count). The van der Waals surface area contributed by atoms with Crippen LogP contribution in [0.4, 0.5) is 5.69 Å². The normalized spacial score (nSPS) is 16.9. The van der Waals surface area contributed by atoms with Gasteiger partial charge in [-0.1, -0.05) is 72.8 Å². The number of hydrogen-bond donors (Lipinski definition) is 2. The van der Waals surface area contributed by atoms with Gasteiger partial charge in [-0.3, -0.25) is 4.79 Å². The van der Waals surface area contributed by atoms with Gasteiger partial charge in [0.25, 0.3) is 5.91 Å². The zero-order valence-electron chi connectivity index (χ0n) is 17.1. The molecule has 3 aromatic rings. The molecule has 1 fully saturated rings. The van der Waals surface area contributed by atoms with Crippen molar-refractivity contribution in [1.29, 1.82) is 0 Å². The molecule has 0 aliphatic carbocycles. The second-order valence-corrected chi connectivity index (χ2v) is 8.71. The third-order valence-electron chi connectivity index (χ3n) is 4.90. The third-order valence-corrected chi connectivity index (χ3v) is 6.18. The van der Waals surface area contributed by atoms with Crippen LogP contribution in [0.25, 0.3) is 6.08 Å². The maximum atomic E-state index is 12.5. The van der Waals surface area contributed by atoms with Crippen molar-refractivity contribution in [2.45, 2.75) is 25.4 Å². The fourth-order valence-electron chi connectivity index (χ4n) is 3.17. The molecule has 6 heteroatoms. The second-order valence-electron chi connectivity index (χ2n) is 7.13. The first-order chi connectivity index (χ1) is 15.1.